The molecule has 17 heavy (non-hydrogen) atoms. The molecule has 2 N–H and O–H groups in total. The smallest absolute Gasteiger partial charge is 0.252 e. The van der Waals surface area contributed by atoms with E-state index in [1.165, 1.54) is 6.20 Å². The van der Waals surface area contributed by atoms with Gasteiger partial charge in [-0.25, -0.2) is 0 Å². The number of pyridine rings is 1. The number of rotatable bonds is 5. The van der Waals surface area contributed by atoms with Crippen LogP contribution >= 0.6 is 22.6 Å². The highest BCUT2D eigenvalue weighted by Gasteiger charge is 2.10. The van der Waals surface area contributed by atoms with E-state index in [2.05, 4.69) is 32.9 Å². The van der Waals surface area contributed by atoms with Gasteiger partial charge in [-0.3, -0.25) is 9.78 Å². The number of hydrogen-bond acceptors (Lipinski definition) is 3. The molecule has 0 bridgehead atoms. The molecule has 0 saturated carbocycles. The Morgan fingerprint density at radius 1 is 1.53 bits per heavy atom. The van der Waals surface area contributed by atoms with Crippen molar-refractivity contribution in [3.8, 4) is 0 Å². The second-order valence-corrected chi connectivity index (χ2v) is 5.49. The van der Waals surface area contributed by atoms with Gasteiger partial charge in [0.05, 0.1) is 11.7 Å². The van der Waals surface area contributed by atoms with E-state index in [9.17, 15) is 9.90 Å². The number of halogens is 1. The van der Waals surface area contributed by atoms with E-state index in [0.717, 1.165) is 3.57 Å². The van der Waals surface area contributed by atoms with Gasteiger partial charge in [0.1, 0.15) is 0 Å². The molecule has 0 saturated heterocycles. The van der Waals surface area contributed by atoms with Gasteiger partial charge in [-0.15, -0.1) is 0 Å². The van der Waals surface area contributed by atoms with Crippen molar-refractivity contribution in [2.45, 2.75) is 26.4 Å². The average molecular weight is 348 g/mol. The first kappa shape index (κ1) is 14.4. The molecule has 1 heterocycles. The molecule has 0 fully saturated rings. The van der Waals surface area contributed by atoms with E-state index < -0.39 is 0 Å². The van der Waals surface area contributed by atoms with Crippen LogP contribution in [0.5, 0.6) is 0 Å². The number of aliphatic hydroxyl groups excluding tert-OH is 1. The lowest BCUT2D eigenvalue weighted by molar-refractivity contribution is 0.0920. The minimum atomic E-state index is -0.371. The van der Waals surface area contributed by atoms with Crippen LogP contribution in [0.3, 0.4) is 0 Å². The molecule has 1 unspecified atom stereocenters. The minimum absolute atomic E-state index is 0.146. The summed E-state index contributed by atoms with van der Waals surface area (Å²) in [6.07, 6.45) is 3.43. The third-order valence-electron chi connectivity index (χ3n) is 2.46. The quantitative estimate of drug-likeness (QED) is 0.798. The summed E-state index contributed by atoms with van der Waals surface area (Å²) in [6, 6.07) is 1.78. The molecule has 1 amide bonds. The van der Waals surface area contributed by atoms with E-state index in [-0.39, 0.29) is 17.9 Å². The lowest BCUT2D eigenvalue weighted by Gasteiger charge is -2.14. The molecular weight excluding hydrogens is 331 g/mol. The lowest BCUT2D eigenvalue weighted by atomic mass is 10.0. The molecule has 0 radical (unpaired) electrons. The Balaban J connectivity index is 2.40. The Morgan fingerprint density at radius 2 is 2.24 bits per heavy atom. The second-order valence-electron chi connectivity index (χ2n) is 4.25. The number of carbonyl (C=O) groups is 1. The molecule has 0 aliphatic rings. The monoisotopic (exact) mass is 348 g/mol. The largest absolute Gasteiger partial charge is 0.393 e. The lowest BCUT2D eigenvalue weighted by Crippen LogP contribution is -2.28. The number of amides is 1. The van der Waals surface area contributed by atoms with Crippen LogP contribution in [-0.2, 0) is 0 Å². The van der Waals surface area contributed by atoms with Crippen molar-refractivity contribution in [1.29, 1.82) is 0 Å². The maximum absolute atomic E-state index is 11.7. The fourth-order valence-corrected chi connectivity index (χ4v) is 1.80. The number of nitrogens with one attached hydrogen (secondary N) is 1. The van der Waals surface area contributed by atoms with Gasteiger partial charge in [0, 0.05) is 22.5 Å². The fourth-order valence-electron chi connectivity index (χ4n) is 1.31. The van der Waals surface area contributed by atoms with E-state index >= 15 is 0 Å². The summed E-state index contributed by atoms with van der Waals surface area (Å²) in [5.74, 6) is 0.0678. The Hall–Kier alpha value is -0.690. The molecule has 0 aromatic carbocycles. The maximum Gasteiger partial charge on any atom is 0.252 e. The van der Waals surface area contributed by atoms with Crippen molar-refractivity contribution in [3.63, 3.8) is 0 Å². The summed E-state index contributed by atoms with van der Waals surface area (Å²) in [5.41, 5.74) is 0.552. The van der Waals surface area contributed by atoms with Gasteiger partial charge in [0.15, 0.2) is 0 Å². The van der Waals surface area contributed by atoms with Gasteiger partial charge in [-0.1, -0.05) is 13.8 Å². The highest BCUT2D eigenvalue weighted by atomic mass is 127. The second kappa shape index (κ2) is 6.90. The summed E-state index contributed by atoms with van der Waals surface area (Å²) < 4.78 is 0.928. The Kier molecular flexibility index (Phi) is 5.84. The van der Waals surface area contributed by atoms with Crippen LogP contribution in [0.15, 0.2) is 18.5 Å². The molecular formula is C12H17IN2O2. The molecule has 4 nitrogen and oxygen atoms in total. The highest BCUT2D eigenvalue weighted by Crippen LogP contribution is 2.06. The zero-order valence-electron chi connectivity index (χ0n) is 9.98. The molecule has 0 aliphatic heterocycles. The summed E-state index contributed by atoms with van der Waals surface area (Å²) in [4.78, 5) is 15.7. The van der Waals surface area contributed by atoms with Crippen LogP contribution in [-0.4, -0.2) is 28.6 Å². The topological polar surface area (TPSA) is 62.2 Å². The third kappa shape index (κ3) is 4.99. The molecule has 1 aromatic heterocycles. The minimum Gasteiger partial charge on any atom is -0.393 e. The van der Waals surface area contributed by atoms with Crippen molar-refractivity contribution in [2.24, 2.45) is 5.92 Å². The van der Waals surface area contributed by atoms with E-state index in [4.69, 9.17) is 0 Å². The van der Waals surface area contributed by atoms with E-state index in [0.29, 0.717) is 18.5 Å². The number of aliphatic hydroxyl groups is 1. The van der Waals surface area contributed by atoms with Gasteiger partial charge >= 0.3 is 0 Å². The summed E-state index contributed by atoms with van der Waals surface area (Å²) in [6.45, 7) is 4.38. The molecule has 5 heteroatoms. The van der Waals surface area contributed by atoms with Crippen LogP contribution in [0, 0.1) is 9.49 Å². The van der Waals surface area contributed by atoms with Crippen molar-refractivity contribution < 1.29 is 9.90 Å². The molecule has 0 aliphatic carbocycles. The molecule has 1 aromatic rings. The van der Waals surface area contributed by atoms with E-state index in [1.54, 1.807) is 12.3 Å². The van der Waals surface area contributed by atoms with Crippen molar-refractivity contribution in [1.82, 2.24) is 10.3 Å². The van der Waals surface area contributed by atoms with Crippen LogP contribution in [0.1, 0.15) is 30.6 Å². The van der Waals surface area contributed by atoms with Gasteiger partial charge in [-0.05, 0) is 41.0 Å². The van der Waals surface area contributed by atoms with Gasteiger partial charge < -0.3 is 10.4 Å². The Bertz CT molecular complexity index is 383. The Morgan fingerprint density at radius 3 is 2.82 bits per heavy atom. The van der Waals surface area contributed by atoms with Crippen molar-refractivity contribution in [3.05, 3.63) is 27.6 Å². The van der Waals surface area contributed by atoms with Gasteiger partial charge in [0.25, 0.3) is 5.91 Å². The first-order valence-electron chi connectivity index (χ1n) is 5.57. The predicted molar refractivity (Wildman–Crippen MR) is 74.7 cm³/mol. The van der Waals surface area contributed by atoms with Crippen molar-refractivity contribution in [2.75, 3.05) is 6.54 Å². The highest BCUT2D eigenvalue weighted by molar-refractivity contribution is 14.1. The third-order valence-corrected chi connectivity index (χ3v) is 3.05. The molecule has 1 atom stereocenters. The first-order valence-corrected chi connectivity index (χ1v) is 6.65. The number of carbonyl (C=O) groups excluding carboxylic acids is 1. The van der Waals surface area contributed by atoms with Gasteiger partial charge in [-0.2, -0.15) is 0 Å². The average Bonchev–Trinajstić information content (AvgIpc) is 2.28. The summed E-state index contributed by atoms with van der Waals surface area (Å²) in [7, 11) is 0. The summed E-state index contributed by atoms with van der Waals surface area (Å²) >= 11 is 2.11. The van der Waals surface area contributed by atoms with Crippen molar-refractivity contribution >= 4 is 28.5 Å². The van der Waals surface area contributed by atoms with Crippen LogP contribution in [0.2, 0.25) is 0 Å². The molecule has 0 spiro atoms. The summed E-state index contributed by atoms with van der Waals surface area (Å²) in [5, 5.41) is 12.4. The zero-order chi connectivity index (χ0) is 12.8. The van der Waals surface area contributed by atoms with Crippen LogP contribution in [0.25, 0.3) is 0 Å². The SMILES string of the molecule is CC(C)C(O)CCNC(=O)c1cncc(I)c1. The van der Waals surface area contributed by atoms with Gasteiger partial charge in [0.2, 0.25) is 0 Å². The Labute approximate surface area is 115 Å². The number of nitrogens with zero attached hydrogens (tertiary/aromatic N) is 1. The number of aromatic nitrogens is 1. The van der Waals surface area contributed by atoms with Crippen LogP contribution < -0.4 is 5.32 Å². The predicted octanol–water partition coefficient (Wildman–Crippen LogP) is 1.82. The molecule has 94 valence electrons. The standard InChI is InChI=1S/C12H17IN2O2/c1-8(2)11(16)3-4-15-12(17)9-5-10(13)7-14-6-9/h5-8,11,16H,3-4H2,1-2H3,(H,15,17). The first-order chi connectivity index (χ1) is 8.00. The maximum atomic E-state index is 11.7. The number of hydrogen-bond donors (Lipinski definition) is 2. The normalized spacial score (nSPS) is 12.5. The zero-order valence-corrected chi connectivity index (χ0v) is 12.1. The fraction of sp³-hybridized carbons (Fsp3) is 0.500. The van der Waals surface area contributed by atoms with Crippen LogP contribution in [0.4, 0.5) is 0 Å². The van der Waals surface area contributed by atoms with E-state index in [1.807, 2.05) is 13.8 Å². The molecule has 1 rings (SSSR count).